The van der Waals surface area contributed by atoms with Gasteiger partial charge in [-0.05, 0) is 37.3 Å². The van der Waals surface area contributed by atoms with Crippen LogP contribution < -0.4 is 14.8 Å². The molecule has 2 unspecified atom stereocenters. The van der Waals surface area contributed by atoms with Gasteiger partial charge in [-0.15, -0.1) is 0 Å². The summed E-state index contributed by atoms with van der Waals surface area (Å²) in [6.07, 6.45) is 3.23. The average Bonchev–Trinajstić information content (AvgIpc) is 2.82. The Labute approximate surface area is 124 Å². The molecule has 20 heavy (non-hydrogen) atoms. The summed E-state index contributed by atoms with van der Waals surface area (Å²) in [6.45, 7) is 2.21. The average molecular weight is 298 g/mol. The third-order valence-electron chi connectivity index (χ3n) is 3.73. The minimum absolute atomic E-state index is 0.119. The molecule has 0 aromatic heterocycles. The minimum atomic E-state index is -0.119. The number of hydrogen-bond donors (Lipinski definition) is 1. The van der Waals surface area contributed by atoms with Crippen LogP contribution in [0.5, 0.6) is 11.5 Å². The summed E-state index contributed by atoms with van der Waals surface area (Å²) in [5.41, 5.74) is 0.493. The van der Waals surface area contributed by atoms with Crippen molar-refractivity contribution in [1.82, 2.24) is 5.32 Å². The van der Waals surface area contributed by atoms with Crippen LogP contribution in [0.25, 0.3) is 0 Å². The Bertz CT molecular complexity index is 504. The van der Waals surface area contributed by atoms with Crippen molar-refractivity contribution in [3.8, 4) is 11.5 Å². The summed E-state index contributed by atoms with van der Waals surface area (Å²) >= 11 is 6.11. The molecule has 110 valence electrons. The van der Waals surface area contributed by atoms with Gasteiger partial charge in [0.1, 0.15) is 0 Å². The Balaban J connectivity index is 2.15. The van der Waals surface area contributed by atoms with Gasteiger partial charge >= 0.3 is 0 Å². The first kappa shape index (κ1) is 15.0. The van der Waals surface area contributed by atoms with Crippen molar-refractivity contribution in [3.63, 3.8) is 0 Å². The van der Waals surface area contributed by atoms with E-state index >= 15 is 0 Å². The van der Waals surface area contributed by atoms with E-state index in [-0.39, 0.29) is 11.9 Å². The standard InChI is InChI=1S/C15H20ClNO3/c1-9-4-5-11(6-9)17-15(18)10-7-12(16)14(20-3)13(8-10)19-2/h7-9,11H,4-6H2,1-3H3,(H,17,18). The van der Waals surface area contributed by atoms with Gasteiger partial charge in [0.25, 0.3) is 5.91 Å². The molecule has 1 aliphatic carbocycles. The van der Waals surface area contributed by atoms with Gasteiger partial charge in [-0.1, -0.05) is 18.5 Å². The molecule has 0 saturated heterocycles. The van der Waals surface area contributed by atoms with Crippen LogP contribution in [-0.2, 0) is 0 Å². The molecule has 1 N–H and O–H groups in total. The van der Waals surface area contributed by atoms with Gasteiger partial charge in [-0.2, -0.15) is 0 Å². The van der Waals surface area contributed by atoms with E-state index in [2.05, 4.69) is 12.2 Å². The van der Waals surface area contributed by atoms with Crippen LogP contribution in [0.2, 0.25) is 5.02 Å². The van der Waals surface area contributed by atoms with Crippen molar-refractivity contribution in [2.45, 2.75) is 32.2 Å². The number of methoxy groups -OCH3 is 2. The first-order chi connectivity index (χ1) is 9.55. The number of nitrogens with one attached hydrogen (secondary N) is 1. The fourth-order valence-corrected chi connectivity index (χ4v) is 2.94. The van der Waals surface area contributed by atoms with Gasteiger partial charge in [0.15, 0.2) is 11.5 Å². The summed E-state index contributed by atoms with van der Waals surface area (Å²) in [4.78, 5) is 12.3. The first-order valence-corrected chi connectivity index (χ1v) is 7.15. The highest BCUT2D eigenvalue weighted by molar-refractivity contribution is 6.32. The normalized spacial score (nSPS) is 21.6. The minimum Gasteiger partial charge on any atom is -0.493 e. The van der Waals surface area contributed by atoms with E-state index in [1.807, 2.05) is 0 Å². The summed E-state index contributed by atoms with van der Waals surface area (Å²) in [5, 5.41) is 3.42. The van der Waals surface area contributed by atoms with Gasteiger partial charge in [-0.25, -0.2) is 0 Å². The third-order valence-corrected chi connectivity index (χ3v) is 4.01. The first-order valence-electron chi connectivity index (χ1n) is 6.77. The van der Waals surface area contributed by atoms with E-state index in [4.69, 9.17) is 21.1 Å². The van der Waals surface area contributed by atoms with Gasteiger partial charge in [0, 0.05) is 11.6 Å². The molecule has 1 aromatic carbocycles. The molecule has 1 aromatic rings. The summed E-state index contributed by atoms with van der Waals surface area (Å²) in [7, 11) is 3.04. The Hall–Kier alpha value is -1.42. The van der Waals surface area contributed by atoms with E-state index in [1.54, 1.807) is 12.1 Å². The second kappa shape index (κ2) is 6.35. The molecular formula is C15H20ClNO3. The predicted molar refractivity (Wildman–Crippen MR) is 78.8 cm³/mol. The van der Waals surface area contributed by atoms with E-state index in [0.717, 1.165) is 19.3 Å². The Morgan fingerprint density at radius 2 is 2.05 bits per heavy atom. The smallest absolute Gasteiger partial charge is 0.251 e. The van der Waals surface area contributed by atoms with E-state index in [9.17, 15) is 4.79 Å². The maximum Gasteiger partial charge on any atom is 0.251 e. The maximum absolute atomic E-state index is 12.3. The highest BCUT2D eigenvalue weighted by Gasteiger charge is 2.24. The topological polar surface area (TPSA) is 47.6 Å². The molecule has 0 spiro atoms. The van der Waals surface area contributed by atoms with Crippen molar-refractivity contribution in [3.05, 3.63) is 22.7 Å². The number of benzene rings is 1. The maximum atomic E-state index is 12.3. The summed E-state index contributed by atoms with van der Waals surface area (Å²) in [6, 6.07) is 3.51. The molecule has 0 bridgehead atoms. The van der Waals surface area contributed by atoms with E-state index in [0.29, 0.717) is 28.0 Å². The number of halogens is 1. The van der Waals surface area contributed by atoms with Crippen LogP contribution in [-0.4, -0.2) is 26.2 Å². The van der Waals surface area contributed by atoms with Gasteiger partial charge in [0.05, 0.1) is 19.2 Å². The molecule has 4 nitrogen and oxygen atoms in total. The zero-order valence-electron chi connectivity index (χ0n) is 12.0. The van der Waals surface area contributed by atoms with Gasteiger partial charge in [0.2, 0.25) is 0 Å². The summed E-state index contributed by atoms with van der Waals surface area (Å²) in [5.74, 6) is 1.46. The lowest BCUT2D eigenvalue weighted by Crippen LogP contribution is -2.32. The fraction of sp³-hybridized carbons (Fsp3) is 0.533. The predicted octanol–water partition coefficient (Wildman–Crippen LogP) is 3.28. The van der Waals surface area contributed by atoms with E-state index in [1.165, 1.54) is 14.2 Å². The molecule has 2 rings (SSSR count). The Morgan fingerprint density at radius 1 is 1.30 bits per heavy atom. The molecule has 5 heteroatoms. The lowest BCUT2D eigenvalue weighted by molar-refractivity contribution is 0.0937. The monoisotopic (exact) mass is 297 g/mol. The molecule has 0 radical (unpaired) electrons. The van der Waals surface area contributed by atoms with Gasteiger partial charge < -0.3 is 14.8 Å². The zero-order valence-corrected chi connectivity index (χ0v) is 12.8. The highest BCUT2D eigenvalue weighted by atomic mass is 35.5. The number of amides is 1. The Morgan fingerprint density at radius 3 is 2.60 bits per heavy atom. The number of hydrogen-bond acceptors (Lipinski definition) is 3. The van der Waals surface area contributed by atoms with Gasteiger partial charge in [-0.3, -0.25) is 4.79 Å². The van der Waals surface area contributed by atoms with Crippen LogP contribution in [0.3, 0.4) is 0 Å². The lowest BCUT2D eigenvalue weighted by atomic mass is 10.1. The number of carbonyl (C=O) groups is 1. The van der Waals surface area contributed by atoms with Crippen LogP contribution in [0.1, 0.15) is 36.5 Å². The largest absolute Gasteiger partial charge is 0.493 e. The molecule has 0 heterocycles. The SMILES string of the molecule is COc1cc(C(=O)NC2CCC(C)C2)cc(Cl)c1OC. The quantitative estimate of drug-likeness (QED) is 0.928. The van der Waals surface area contributed by atoms with Crippen LogP contribution in [0, 0.1) is 5.92 Å². The third kappa shape index (κ3) is 3.18. The molecule has 2 atom stereocenters. The van der Waals surface area contributed by atoms with Crippen LogP contribution in [0.4, 0.5) is 0 Å². The Kier molecular flexibility index (Phi) is 4.76. The molecule has 1 fully saturated rings. The molecule has 1 amide bonds. The molecule has 1 aliphatic rings. The van der Waals surface area contributed by atoms with Crippen LogP contribution >= 0.6 is 11.6 Å². The summed E-state index contributed by atoms with van der Waals surface area (Å²) < 4.78 is 10.4. The molecule has 0 aliphatic heterocycles. The van der Waals surface area contributed by atoms with E-state index < -0.39 is 0 Å². The lowest BCUT2D eigenvalue weighted by Gasteiger charge is -2.15. The molecule has 1 saturated carbocycles. The zero-order chi connectivity index (χ0) is 14.7. The number of carbonyl (C=O) groups excluding carboxylic acids is 1. The fourth-order valence-electron chi connectivity index (χ4n) is 2.66. The molecular weight excluding hydrogens is 278 g/mol. The van der Waals surface area contributed by atoms with Crippen molar-refractivity contribution in [2.24, 2.45) is 5.92 Å². The van der Waals surface area contributed by atoms with Crippen molar-refractivity contribution >= 4 is 17.5 Å². The van der Waals surface area contributed by atoms with Crippen molar-refractivity contribution in [2.75, 3.05) is 14.2 Å². The van der Waals surface area contributed by atoms with Crippen molar-refractivity contribution in [1.29, 1.82) is 0 Å². The van der Waals surface area contributed by atoms with Crippen LogP contribution in [0.15, 0.2) is 12.1 Å². The second-order valence-corrected chi connectivity index (χ2v) is 5.69. The van der Waals surface area contributed by atoms with Crippen molar-refractivity contribution < 1.29 is 14.3 Å². The number of ether oxygens (including phenoxy) is 2. The number of rotatable bonds is 4. The second-order valence-electron chi connectivity index (χ2n) is 5.28. The highest BCUT2D eigenvalue weighted by Crippen LogP contribution is 2.36.